The van der Waals surface area contributed by atoms with Crippen molar-refractivity contribution in [3.63, 3.8) is 0 Å². The van der Waals surface area contributed by atoms with Gasteiger partial charge in [0.2, 0.25) is 0 Å². The zero-order chi connectivity index (χ0) is 18.4. The molecule has 1 atom stereocenters. The first-order chi connectivity index (χ1) is 12.7. The minimum Gasteiger partial charge on any atom is -0.497 e. The van der Waals surface area contributed by atoms with Crippen molar-refractivity contribution in [3.8, 4) is 5.75 Å². The summed E-state index contributed by atoms with van der Waals surface area (Å²) in [5.74, 6) is 0.578. The summed E-state index contributed by atoms with van der Waals surface area (Å²) in [7, 11) is 1.60. The largest absolute Gasteiger partial charge is 0.497 e. The zero-order valence-corrected chi connectivity index (χ0v) is 15.8. The van der Waals surface area contributed by atoms with Crippen LogP contribution in [0, 0.1) is 0 Å². The van der Waals surface area contributed by atoms with Crippen molar-refractivity contribution in [3.05, 3.63) is 64.7 Å². The number of hydrogen-bond acceptors (Lipinski definition) is 3. The number of amides is 1. The van der Waals surface area contributed by atoms with Crippen LogP contribution in [-0.2, 0) is 0 Å². The number of carbonyl (C=O) groups is 1. The summed E-state index contributed by atoms with van der Waals surface area (Å²) >= 11 is 6.45. The van der Waals surface area contributed by atoms with Gasteiger partial charge in [-0.05, 0) is 55.8 Å². The van der Waals surface area contributed by atoms with Gasteiger partial charge in [-0.2, -0.15) is 0 Å². The molecule has 1 aliphatic heterocycles. The van der Waals surface area contributed by atoms with Gasteiger partial charge < -0.3 is 10.1 Å². The molecule has 1 saturated heterocycles. The van der Waals surface area contributed by atoms with Crippen LogP contribution in [0.5, 0.6) is 5.75 Å². The molecule has 1 fully saturated rings. The predicted octanol–water partition coefficient (Wildman–Crippen LogP) is 4.31. The molecule has 1 aliphatic rings. The Morgan fingerprint density at radius 3 is 2.65 bits per heavy atom. The number of rotatable bonds is 6. The summed E-state index contributed by atoms with van der Waals surface area (Å²) in [6.07, 6.45) is 3.64. The quantitative estimate of drug-likeness (QED) is 0.821. The molecule has 0 aromatic heterocycles. The van der Waals surface area contributed by atoms with E-state index < -0.39 is 0 Å². The van der Waals surface area contributed by atoms with Crippen LogP contribution in [0.3, 0.4) is 0 Å². The lowest BCUT2D eigenvalue weighted by Crippen LogP contribution is -2.40. The molecule has 0 radical (unpaired) electrons. The van der Waals surface area contributed by atoms with E-state index in [0.29, 0.717) is 17.9 Å². The van der Waals surface area contributed by atoms with Crippen molar-refractivity contribution in [2.75, 3.05) is 26.7 Å². The van der Waals surface area contributed by atoms with Crippen molar-refractivity contribution in [2.45, 2.75) is 25.3 Å². The highest BCUT2D eigenvalue weighted by molar-refractivity contribution is 6.31. The molecule has 2 aromatic carbocycles. The Morgan fingerprint density at radius 1 is 1.15 bits per heavy atom. The molecule has 2 aromatic rings. The lowest BCUT2D eigenvalue weighted by molar-refractivity contribution is 0.0924. The van der Waals surface area contributed by atoms with E-state index in [1.54, 1.807) is 19.2 Å². The van der Waals surface area contributed by atoms with Crippen LogP contribution in [0.15, 0.2) is 48.5 Å². The van der Waals surface area contributed by atoms with Gasteiger partial charge in [0, 0.05) is 17.1 Å². The first-order valence-electron chi connectivity index (χ1n) is 9.10. The van der Waals surface area contributed by atoms with E-state index in [4.69, 9.17) is 16.3 Å². The van der Waals surface area contributed by atoms with E-state index in [9.17, 15) is 4.79 Å². The number of carbonyl (C=O) groups excluding carboxylic acids is 1. The van der Waals surface area contributed by atoms with Gasteiger partial charge in [-0.1, -0.05) is 42.3 Å². The van der Waals surface area contributed by atoms with Gasteiger partial charge >= 0.3 is 0 Å². The Hall–Kier alpha value is -2.04. The number of nitrogens with one attached hydrogen (secondary N) is 1. The normalized spacial score (nSPS) is 16.1. The molecular formula is C21H25ClN2O2. The van der Waals surface area contributed by atoms with E-state index in [2.05, 4.69) is 16.3 Å². The van der Waals surface area contributed by atoms with E-state index >= 15 is 0 Å². The molecule has 0 spiro atoms. The van der Waals surface area contributed by atoms with Crippen molar-refractivity contribution in [1.29, 1.82) is 0 Å². The van der Waals surface area contributed by atoms with Gasteiger partial charge in [0.25, 0.3) is 5.91 Å². The third-order valence-electron chi connectivity index (χ3n) is 4.88. The molecule has 1 amide bonds. The number of methoxy groups -OCH3 is 1. The van der Waals surface area contributed by atoms with Crippen molar-refractivity contribution >= 4 is 17.5 Å². The maximum atomic E-state index is 12.6. The minimum atomic E-state index is -0.0991. The predicted molar refractivity (Wildman–Crippen MR) is 105 cm³/mol. The monoisotopic (exact) mass is 372 g/mol. The topological polar surface area (TPSA) is 41.6 Å². The molecule has 0 bridgehead atoms. The second-order valence-corrected chi connectivity index (χ2v) is 6.98. The summed E-state index contributed by atoms with van der Waals surface area (Å²) < 4.78 is 5.21. The molecule has 4 nitrogen and oxygen atoms in total. The van der Waals surface area contributed by atoms with Gasteiger partial charge in [-0.25, -0.2) is 0 Å². The first kappa shape index (κ1) is 18.7. The molecule has 3 rings (SSSR count). The highest BCUT2D eigenvalue weighted by atomic mass is 35.5. The number of piperidine rings is 1. The number of hydrogen-bond donors (Lipinski definition) is 1. The van der Waals surface area contributed by atoms with E-state index in [1.807, 2.05) is 30.3 Å². The lowest BCUT2D eigenvalue weighted by atomic mass is 10.0. The van der Waals surface area contributed by atoms with Gasteiger partial charge in [0.1, 0.15) is 5.75 Å². The Bertz CT molecular complexity index is 744. The van der Waals surface area contributed by atoms with E-state index in [0.717, 1.165) is 23.7 Å². The fraction of sp³-hybridized carbons (Fsp3) is 0.381. The van der Waals surface area contributed by atoms with Crippen molar-refractivity contribution in [2.24, 2.45) is 0 Å². The second kappa shape index (κ2) is 9.06. The van der Waals surface area contributed by atoms with Gasteiger partial charge in [-0.3, -0.25) is 9.69 Å². The number of ether oxygens (including phenoxy) is 1. The molecule has 0 saturated carbocycles. The van der Waals surface area contributed by atoms with Gasteiger partial charge in [0.05, 0.1) is 13.2 Å². The summed E-state index contributed by atoms with van der Waals surface area (Å²) in [6.45, 7) is 2.59. The average Bonchev–Trinajstić information content (AvgIpc) is 2.70. The molecule has 1 N–H and O–H groups in total. The fourth-order valence-corrected chi connectivity index (χ4v) is 3.73. The zero-order valence-electron chi connectivity index (χ0n) is 15.1. The maximum absolute atomic E-state index is 12.6. The van der Waals surface area contributed by atoms with Gasteiger partial charge in [-0.15, -0.1) is 0 Å². The number of likely N-dealkylation sites (tertiary alicyclic amines) is 1. The Balaban J connectivity index is 1.75. The van der Waals surface area contributed by atoms with Crippen LogP contribution in [0.2, 0.25) is 5.02 Å². The van der Waals surface area contributed by atoms with Crippen LogP contribution in [0.4, 0.5) is 0 Å². The maximum Gasteiger partial charge on any atom is 0.251 e. The van der Waals surface area contributed by atoms with Crippen LogP contribution in [0.1, 0.15) is 41.2 Å². The Kier molecular flexibility index (Phi) is 6.53. The number of benzene rings is 2. The van der Waals surface area contributed by atoms with E-state index in [1.165, 1.54) is 19.3 Å². The Morgan fingerprint density at radius 2 is 1.92 bits per heavy atom. The first-order valence-corrected chi connectivity index (χ1v) is 9.47. The Labute approximate surface area is 160 Å². The summed E-state index contributed by atoms with van der Waals surface area (Å²) in [5.41, 5.74) is 1.67. The molecule has 26 heavy (non-hydrogen) atoms. The van der Waals surface area contributed by atoms with Crippen molar-refractivity contribution < 1.29 is 9.53 Å². The highest BCUT2D eigenvalue weighted by Gasteiger charge is 2.24. The van der Waals surface area contributed by atoms with Crippen LogP contribution < -0.4 is 10.1 Å². The summed E-state index contributed by atoms with van der Waals surface area (Å²) in [5, 5.41) is 3.83. The number of nitrogens with zero attached hydrogens (tertiary/aromatic N) is 1. The highest BCUT2D eigenvalue weighted by Crippen LogP contribution is 2.29. The average molecular weight is 373 g/mol. The molecule has 1 heterocycles. The van der Waals surface area contributed by atoms with E-state index in [-0.39, 0.29) is 11.9 Å². The standard InChI is InChI=1S/C21H25ClN2O2/c1-26-17-9-7-8-16(14-17)21(25)23-15-20(24-12-5-2-6-13-24)18-10-3-4-11-19(18)22/h3-4,7-11,14,20H,2,5-6,12-13,15H2,1H3,(H,23,25)/t20-/m0/s1. The second-order valence-electron chi connectivity index (χ2n) is 6.58. The molecule has 5 heteroatoms. The SMILES string of the molecule is COc1cccc(C(=O)NC[C@@H](c2ccccc2Cl)N2CCCCC2)c1. The molecular weight excluding hydrogens is 348 g/mol. The molecule has 0 aliphatic carbocycles. The smallest absolute Gasteiger partial charge is 0.251 e. The third kappa shape index (κ3) is 4.57. The van der Waals surface area contributed by atoms with Crippen LogP contribution in [-0.4, -0.2) is 37.6 Å². The minimum absolute atomic E-state index is 0.0820. The lowest BCUT2D eigenvalue weighted by Gasteiger charge is -2.35. The number of halogens is 1. The summed E-state index contributed by atoms with van der Waals surface area (Å²) in [6, 6.07) is 15.2. The summed E-state index contributed by atoms with van der Waals surface area (Å²) in [4.78, 5) is 15.0. The van der Waals surface area contributed by atoms with Crippen LogP contribution in [0.25, 0.3) is 0 Å². The van der Waals surface area contributed by atoms with Crippen LogP contribution >= 0.6 is 11.6 Å². The van der Waals surface area contributed by atoms with Crippen molar-refractivity contribution in [1.82, 2.24) is 10.2 Å². The third-order valence-corrected chi connectivity index (χ3v) is 5.23. The van der Waals surface area contributed by atoms with Gasteiger partial charge in [0.15, 0.2) is 0 Å². The fourth-order valence-electron chi connectivity index (χ4n) is 3.47. The molecule has 0 unspecified atom stereocenters. The molecule has 138 valence electrons.